The first-order valence-electron chi connectivity index (χ1n) is 5.62. The third-order valence-electron chi connectivity index (χ3n) is 2.38. The second-order valence-corrected chi connectivity index (χ2v) is 4.33. The quantitative estimate of drug-likeness (QED) is 0.834. The number of aromatic nitrogens is 4. The Balaban J connectivity index is 1.94. The van der Waals surface area contributed by atoms with E-state index in [1.807, 2.05) is 12.1 Å². The number of tetrazole rings is 1. The molecule has 2 rings (SSSR count). The van der Waals surface area contributed by atoms with Crippen molar-refractivity contribution in [2.24, 2.45) is 0 Å². The molecule has 1 atom stereocenters. The van der Waals surface area contributed by atoms with Crippen LogP contribution in [0.3, 0.4) is 0 Å². The molecule has 1 aromatic heterocycles. The summed E-state index contributed by atoms with van der Waals surface area (Å²) >= 11 is 5.85. The van der Waals surface area contributed by atoms with Gasteiger partial charge in [0.2, 0.25) is 5.91 Å². The van der Waals surface area contributed by atoms with E-state index in [1.165, 1.54) is 6.08 Å². The first-order valence-corrected chi connectivity index (χ1v) is 6.00. The molecule has 0 saturated carbocycles. The predicted octanol–water partition coefficient (Wildman–Crippen LogP) is 1.74. The number of rotatable bonds is 4. The number of H-pyrrole nitrogens is 1. The molecule has 1 unspecified atom stereocenters. The van der Waals surface area contributed by atoms with Crippen LogP contribution in [0.2, 0.25) is 5.02 Å². The van der Waals surface area contributed by atoms with Gasteiger partial charge in [0.15, 0.2) is 5.82 Å². The van der Waals surface area contributed by atoms with Crippen molar-refractivity contribution in [1.29, 1.82) is 0 Å². The molecule has 6 nitrogen and oxygen atoms in total. The molecule has 0 saturated heterocycles. The van der Waals surface area contributed by atoms with Crippen LogP contribution in [-0.4, -0.2) is 26.5 Å². The summed E-state index contributed by atoms with van der Waals surface area (Å²) in [6.07, 6.45) is 3.12. The van der Waals surface area contributed by atoms with Crippen LogP contribution < -0.4 is 5.32 Å². The van der Waals surface area contributed by atoms with E-state index in [4.69, 9.17) is 11.6 Å². The van der Waals surface area contributed by atoms with Crippen molar-refractivity contribution in [3.8, 4) is 0 Å². The summed E-state index contributed by atoms with van der Waals surface area (Å²) < 4.78 is 0. The number of carbonyl (C=O) groups is 1. The van der Waals surface area contributed by atoms with Crippen LogP contribution in [0.1, 0.15) is 24.4 Å². The summed E-state index contributed by atoms with van der Waals surface area (Å²) in [6.45, 7) is 1.77. The maximum atomic E-state index is 11.7. The summed E-state index contributed by atoms with van der Waals surface area (Å²) in [7, 11) is 0. The Kier molecular flexibility index (Phi) is 4.25. The van der Waals surface area contributed by atoms with E-state index in [1.54, 1.807) is 25.1 Å². The minimum Gasteiger partial charge on any atom is -0.343 e. The van der Waals surface area contributed by atoms with Crippen molar-refractivity contribution in [2.45, 2.75) is 13.0 Å². The summed E-state index contributed by atoms with van der Waals surface area (Å²) in [6, 6.07) is 6.92. The summed E-state index contributed by atoms with van der Waals surface area (Å²) in [5.41, 5.74) is 0.856. The normalized spacial score (nSPS) is 12.5. The van der Waals surface area contributed by atoms with Crippen molar-refractivity contribution in [3.05, 3.63) is 46.8 Å². The van der Waals surface area contributed by atoms with Crippen LogP contribution in [0.15, 0.2) is 30.3 Å². The Hall–Kier alpha value is -2.21. The number of amides is 1. The van der Waals surface area contributed by atoms with Crippen LogP contribution in [0.4, 0.5) is 0 Å². The third kappa shape index (κ3) is 3.89. The lowest BCUT2D eigenvalue weighted by molar-refractivity contribution is -0.117. The van der Waals surface area contributed by atoms with Crippen molar-refractivity contribution < 1.29 is 4.79 Å². The number of halogens is 1. The predicted molar refractivity (Wildman–Crippen MR) is 71.2 cm³/mol. The minimum atomic E-state index is -0.310. The summed E-state index contributed by atoms with van der Waals surface area (Å²) in [4.78, 5) is 11.7. The Morgan fingerprint density at radius 3 is 3.05 bits per heavy atom. The molecule has 0 bridgehead atoms. The molecule has 0 aliphatic carbocycles. The van der Waals surface area contributed by atoms with Gasteiger partial charge in [-0.25, -0.2) is 0 Å². The first-order chi connectivity index (χ1) is 9.15. The standard InChI is InChI=1S/C12H12ClN5O/c1-8(12-15-17-18-16-12)14-11(19)6-5-9-3-2-4-10(13)7-9/h2-8H,1H3,(H,14,19)(H,15,16,17,18). The maximum absolute atomic E-state index is 11.7. The molecule has 0 spiro atoms. The number of benzene rings is 1. The molecule has 2 aromatic rings. The van der Waals surface area contributed by atoms with E-state index in [9.17, 15) is 4.79 Å². The molecule has 0 aliphatic rings. The SMILES string of the molecule is CC(NC(=O)C=Cc1cccc(Cl)c1)c1nn[nH]n1. The molecule has 19 heavy (non-hydrogen) atoms. The fourth-order valence-electron chi connectivity index (χ4n) is 1.46. The zero-order valence-corrected chi connectivity index (χ0v) is 10.9. The third-order valence-corrected chi connectivity index (χ3v) is 2.62. The van der Waals surface area contributed by atoms with Crippen molar-refractivity contribution in [1.82, 2.24) is 25.9 Å². The van der Waals surface area contributed by atoms with E-state index >= 15 is 0 Å². The molecule has 1 amide bonds. The topological polar surface area (TPSA) is 83.6 Å². The van der Waals surface area contributed by atoms with Crippen LogP contribution in [-0.2, 0) is 4.79 Å². The fourth-order valence-corrected chi connectivity index (χ4v) is 1.66. The highest BCUT2D eigenvalue weighted by Crippen LogP contribution is 2.11. The molecule has 98 valence electrons. The molecule has 1 heterocycles. The average molecular weight is 278 g/mol. The van der Waals surface area contributed by atoms with Gasteiger partial charge in [-0.15, -0.1) is 10.2 Å². The zero-order valence-electron chi connectivity index (χ0n) is 10.2. The highest BCUT2D eigenvalue weighted by atomic mass is 35.5. The van der Waals surface area contributed by atoms with Crippen LogP contribution in [0, 0.1) is 0 Å². The lowest BCUT2D eigenvalue weighted by Crippen LogP contribution is -2.25. The lowest BCUT2D eigenvalue weighted by atomic mass is 10.2. The Bertz CT molecular complexity index is 582. The maximum Gasteiger partial charge on any atom is 0.244 e. The molecule has 7 heteroatoms. The van der Waals surface area contributed by atoms with E-state index in [-0.39, 0.29) is 11.9 Å². The molecule has 0 radical (unpaired) electrons. The highest BCUT2D eigenvalue weighted by molar-refractivity contribution is 6.30. The second kappa shape index (κ2) is 6.10. The number of hydrogen-bond donors (Lipinski definition) is 2. The molecule has 1 aromatic carbocycles. The van der Waals surface area contributed by atoms with Gasteiger partial charge in [-0.05, 0) is 30.7 Å². The number of carbonyl (C=O) groups excluding carboxylic acids is 1. The summed E-state index contributed by atoms with van der Waals surface area (Å²) in [5.74, 6) is 0.196. The van der Waals surface area contributed by atoms with Gasteiger partial charge in [0.25, 0.3) is 0 Å². The van der Waals surface area contributed by atoms with Crippen LogP contribution >= 0.6 is 11.6 Å². The van der Waals surface area contributed by atoms with E-state index < -0.39 is 0 Å². The van der Waals surface area contributed by atoms with Crippen LogP contribution in [0.5, 0.6) is 0 Å². The van der Waals surface area contributed by atoms with Crippen molar-refractivity contribution in [2.75, 3.05) is 0 Å². The largest absolute Gasteiger partial charge is 0.343 e. The first kappa shape index (κ1) is 13.2. The van der Waals surface area contributed by atoms with E-state index in [0.717, 1.165) is 5.56 Å². The van der Waals surface area contributed by atoms with Gasteiger partial charge in [0, 0.05) is 11.1 Å². The number of hydrogen-bond acceptors (Lipinski definition) is 4. The lowest BCUT2D eigenvalue weighted by Gasteiger charge is -2.06. The van der Waals surface area contributed by atoms with Gasteiger partial charge in [0.1, 0.15) is 0 Å². The smallest absolute Gasteiger partial charge is 0.244 e. The molecule has 0 fully saturated rings. The zero-order chi connectivity index (χ0) is 13.7. The Morgan fingerprint density at radius 1 is 1.53 bits per heavy atom. The van der Waals surface area contributed by atoms with Gasteiger partial charge in [0.05, 0.1) is 6.04 Å². The van der Waals surface area contributed by atoms with Gasteiger partial charge < -0.3 is 5.32 Å². The fraction of sp³-hybridized carbons (Fsp3) is 0.167. The summed E-state index contributed by atoms with van der Waals surface area (Å²) in [5, 5.41) is 16.7. The molecular weight excluding hydrogens is 266 g/mol. The van der Waals surface area contributed by atoms with Gasteiger partial charge in [-0.1, -0.05) is 28.9 Å². The van der Waals surface area contributed by atoms with Gasteiger partial charge >= 0.3 is 0 Å². The van der Waals surface area contributed by atoms with Gasteiger partial charge in [-0.3, -0.25) is 4.79 Å². The van der Waals surface area contributed by atoms with Crippen molar-refractivity contribution in [3.63, 3.8) is 0 Å². The average Bonchev–Trinajstić information content (AvgIpc) is 2.90. The number of nitrogens with one attached hydrogen (secondary N) is 2. The Morgan fingerprint density at radius 2 is 2.37 bits per heavy atom. The van der Waals surface area contributed by atoms with E-state index in [2.05, 4.69) is 25.9 Å². The number of nitrogens with zero attached hydrogens (tertiary/aromatic N) is 3. The highest BCUT2D eigenvalue weighted by Gasteiger charge is 2.11. The Labute approximate surface area is 114 Å². The molecule has 2 N–H and O–H groups in total. The van der Waals surface area contributed by atoms with Crippen molar-refractivity contribution >= 4 is 23.6 Å². The van der Waals surface area contributed by atoms with Crippen LogP contribution in [0.25, 0.3) is 6.08 Å². The molecule has 0 aliphatic heterocycles. The molecular formula is C12H12ClN5O. The monoisotopic (exact) mass is 277 g/mol. The minimum absolute atomic E-state index is 0.239. The van der Waals surface area contributed by atoms with E-state index in [0.29, 0.717) is 10.8 Å². The van der Waals surface area contributed by atoms with Gasteiger partial charge in [-0.2, -0.15) is 5.21 Å². The number of aromatic amines is 1. The second-order valence-electron chi connectivity index (χ2n) is 3.89.